The topological polar surface area (TPSA) is 79.5 Å². The molecule has 5 heteroatoms. The molecule has 0 aliphatic heterocycles. The first kappa shape index (κ1) is 13.9. The second kappa shape index (κ2) is 5.61. The molecule has 1 aromatic carbocycles. The van der Waals surface area contributed by atoms with Crippen molar-refractivity contribution in [3.63, 3.8) is 0 Å². The van der Waals surface area contributed by atoms with Gasteiger partial charge in [-0.15, -0.1) is 0 Å². The van der Waals surface area contributed by atoms with Crippen LogP contribution in [0.5, 0.6) is 5.75 Å². The fraction of sp³-hybridized carbons (Fsp3) is 0.200. The van der Waals surface area contributed by atoms with Gasteiger partial charge in [-0.1, -0.05) is 37.3 Å². The Balaban J connectivity index is 2.65. The van der Waals surface area contributed by atoms with Crippen molar-refractivity contribution in [3.8, 4) is 5.75 Å². The Hall–Kier alpha value is -2.56. The van der Waals surface area contributed by atoms with Gasteiger partial charge in [0.1, 0.15) is 0 Å². The molecule has 1 aromatic heterocycles. The van der Waals surface area contributed by atoms with Crippen molar-refractivity contribution < 1.29 is 15.0 Å². The van der Waals surface area contributed by atoms with Gasteiger partial charge < -0.3 is 14.8 Å². The number of carbonyl (C=O) groups is 1. The largest absolute Gasteiger partial charge is 0.503 e. The average Bonchev–Trinajstić information content (AvgIpc) is 2.44. The number of carboxylic acid groups (broad SMARTS) is 1. The fourth-order valence-electron chi connectivity index (χ4n) is 2.23. The van der Waals surface area contributed by atoms with Gasteiger partial charge in [0.05, 0.1) is 5.69 Å². The molecule has 0 fully saturated rings. The van der Waals surface area contributed by atoms with Gasteiger partial charge in [-0.05, 0) is 12.0 Å². The van der Waals surface area contributed by atoms with Crippen molar-refractivity contribution in [2.45, 2.75) is 19.4 Å². The van der Waals surface area contributed by atoms with Gasteiger partial charge in [0.2, 0.25) is 5.43 Å². The molecule has 104 valence electrons. The lowest BCUT2D eigenvalue weighted by Crippen LogP contribution is -2.24. The average molecular weight is 273 g/mol. The second-order valence-electron chi connectivity index (χ2n) is 4.39. The minimum atomic E-state index is -1.05. The van der Waals surface area contributed by atoms with Gasteiger partial charge in [-0.3, -0.25) is 4.79 Å². The number of aromatic hydroxyl groups is 1. The Kier molecular flexibility index (Phi) is 3.89. The van der Waals surface area contributed by atoms with E-state index in [9.17, 15) is 19.8 Å². The van der Waals surface area contributed by atoms with E-state index >= 15 is 0 Å². The minimum absolute atomic E-state index is 0.314. The lowest BCUT2D eigenvalue weighted by Gasteiger charge is -2.21. The molecule has 1 unspecified atom stereocenters. The first-order valence-electron chi connectivity index (χ1n) is 6.27. The van der Waals surface area contributed by atoms with E-state index in [-0.39, 0.29) is 0 Å². The van der Waals surface area contributed by atoms with Crippen LogP contribution in [0.2, 0.25) is 0 Å². The summed E-state index contributed by atoms with van der Waals surface area (Å²) in [6.45, 7) is 1.76. The van der Waals surface area contributed by atoms with Gasteiger partial charge in [-0.25, -0.2) is 4.79 Å². The zero-order chi connectivity index (χ0) is 14.7. The molecule has 0 spiro atoms. The van der Waals surface area contributed by atoms with E-state index < -0.39 is 23.2 Å². The van der Waals surface area contributed by atoms with Gasteiger partial charge in [0.15, 0.2) is 11.8 Å². The van der Waals surface area contributed by atoms with E-state index in [1.54, 1.807) is 37.3 Å². The second-order valence-corrected chi connectivity index (χ2v) is 4.39. The third-order valence-electron chi connectivity index (χ3n) is 3.17. The van der Waals surface area contributed by atoms with Crippen LogP contribution in [0.25, 0.3) is 0 Å². The summed E-state index contributed by atoms with van der Waals surface area (Å²) in [5, 5.41) is 19.3. The van der Waals surface area contributed by atoms with E-state index in [0.717, 1.165) is 0 Å². The smallest absolute Gasteiger partial charge is 0.331 e. The van der Waals surface area contributed by atoms with Crippen LogP contribution in [0, 0.1) is 0 Å². The van der Waals surface area contributed by atoms with E-state index in [1.807, 2.05) is 0 Å². The number of carboxylic acids is 1. The van der Waals surface area contributed by atoms with Crippen molar-refractivity contribution in [1.29, 1.82) is 0 Å². The number of benzene rings is 1. The molecule has 0 saturated heterocycles. The summed E-state index contributed by atoms with van der Waals surface area (Å²) < 4.78 is 1.42. The lowest BCUT2D eigenvalue weighted by molar-refractivity contribution is -0.139. The maximum atomic E-state index is 11.6. The fourth-order valence-corrected chi connectivity index (χ4v) is 2.23. The molecular weight excluding hydrogens is 258 g/mol. The molecule has 2 N–H and O–H groups in total. The Morgan fingerprint density at radius 1 is 1.25 bits per heavy atom. The van der Waals surface area contributed by atoms with Crippen LogP contribution in [0.4, 0.5) is 0 Å². The van der Waals surface area contributed by atoms with Crippen molar-refractivity contribution in [2.24, 2.45) is 0 Å². The van der Waals surface area contributed by atoms with Gasteiger partial charge in [0.25, 0.3) is 0 Å². The summed E-state index contributed by atoms with van der Waals surface area (Å²) >= 11 is 0. The zero-order valence-corrected chi connectivity index (χ0v) is 11.0. The standard InChI is InChI=1S/C15H15NO4/c1-2-11-14(18)12(17)8-9-16(11)13(15(19)20)10-6-4-3-5-7-10/h3-9,13,18H,2H2,1H3,(H,19,20). The van der Waals surface area contributed by atoms with Crippen LogP contribution in [-0.4, -0.2) is 20.7 Å². The number of hydrogen-bond donors (Lipinski definition) is 2. The predicted molar refractivity (Wildman–Crippen MR) is 74.0 cm³/mol. The third kappa shape index (κ3) is 2.42. The van der Waals surface area contributed by atoms with Gasteiger partial charge in [0, 0.05) is 12.3 Å². The number of aliphatic carboxylic acids is 1. The Bertz CT molecular complexity index is 676. The molecule has 1 atom stereocenters. The highest BCUT2D eigenvalue weighted by Crippen LogP contribution is 2.23. The highest BCUT2D eigenvalue weighted by molar-refractivity contribution is 5.76. The minimum Gasteiger partial charge on any atom is -0.503 e. The van der Waals surface area contributed by atoms with E-state index in [1.165, 1.54) is 16.8 Å². The number of hydrogen-bond acceptors (Lipinski definition) is 3. The van der Waals surface area contributed by atoms with Crippen LogP contribution in [0.3, 0.4) is 0 Å². The van der Waals surface area contributed by atoms with Crippen LogP contribution < -0.4 is 5.43 Å². The van der Waals surface area contributed by atoms with Crippen molar-refractivity contribution in [1.82, 2.24) is 4.57 Å². The van der Waals surface area contributed by atoms with Crippen molar-refractivity contribution >= 4 is 5.97 Å². The monoisotopic (exact) mass is 273 g/mol. The number of aromatic nitrogens is 1. The highest BCUT2D eigenvalue weighted by Gasteiger charge is 2.24. The summed E-state index contributed by atoms with van der Waals surface area (Å²) in [5.41, 5.74) is 0.391. The quantitative estimate of drug-likeness (QED) is 0.890. The SMILES string of the molecule is CCc1c(O)c(=O)ccn1C(C(=O)O)c1ccccc1. The molecule has 5 nitrogen and oxygen atoms in total. The number of rotatable bonds is 4. The third-order valence-corrected chi connectivity index (χ3v) is 3.17. The van der Waals surface area contributed by atoms with Crippen LogP contribution in [0.1, 0.15) is 24.2 Å². The molecular formula is C15H15NO4. The molecule has 2 aromatic rings. The molecule has 1 heterocycles. The van der Waals surface area contributed by atoms with Gasteiger partial charge in [-0.2, -0.15) is 0 Å². The summed E-state index contributed by atoms with van der Waals surface area (Å²) in [6, 6.07) is 8.90. The Morgan fingerprint density at radius 3 is 2.45 bits per heavy atom. The molecule has 0 radical (unpaired) electrons. The molecule has 2 rings (SSSR count). The van der Waals surface area contributed by atoms with Crippen LogP contribution in [-0.2, 0) is 11.2 Å². The normalized spacial score (nSPS) is 12.1. The summed E-state index contributed by atoms with van der Waals surface area (Å²) in [4.78, 5) is 23.1. The van der Waals surface area contributed by atoms with E-state index in [2.05, 4.69) is 0 Å². The maximum absolute atomic E-state index is 11.6. The van der Waals surface area contributed by atoms with Crippen LogP contribution in [0.15, 0.2) is 47.4 Å². The first-order chi connectivity index (χ1) is 9.56. The summed E-state index contributed by atoms with van der Waals surface area (Å²) in [6.07, 6.45) is 1.77. The molecule has 0 saturated carbocycles. The highest BCUT2D eigenvalue weighted by atomic mass is 16.4. The zero-order valence-electron chi connectivity index (χ0n) is 11.0. The molecule has 20 heavy (non-hydrogen) atoms. The van der Waals surface area contributed by atoms with E-state index in [4.69, 9.17) is 0 Å². The number of nitrogens with zero attached hydrogens (tertiary/aromatic N) is 1. The van der Waals surface area contributed by atoms with Crippen LogP contribution >= 0.6 is 0 Å². The molecule has 0 amide bonds. The van der Waals surface area contributed by atoms with E-state index in [0.29, 0.717) is 17.7 Å². The van der Waals surface area contributed by atoms with Gasteiger partial charge >= 0.3 is 5.97 Å². The lowest BCUT2D eigenvalue weighted by atomic mass is 10.1. The molecule has 0 bridgehead atoms. The van der Waals surface area contributed by atoms with Crippen molar-refractivity contribution in [3.05, 3.63) is 64.1 Å². The first-order valence-corrected chi connectivity index (χ1v) is 6.27. The number of pyridine rings is 1. The van der Waals surface area contributed by atoms with Crippen molar-refractivity contribution in [2.75, 3.05) is 0 Å². The Morgan fingerprint density at radius 2 is 1.90 bits per heavy atom. The summed E-state index contributed by atoms with van der Waals surface area (Å²) in [7, 11) is 0. The summed E-state index contributed by atoms with van der Waals surface area (Å²) in [5.74, 6) is -1.44. The maximum Gasteiger partial charge on any atom is 0.331 e. The molecule has 0 aliphatic rings. The molecule has 0 aliphatic carbocycles. The predicted octanol–water partition coefficient (Wildman–Crippen LogP) is 1.79. The Labute approximate surface area is 115 Å².